The van der Waals surface area contributed by atoms with Crippen molar-refractivity contribution in [3.05, 3.63) is 88.5 Å². The van der Waals surface area contributed by atoms with Gasteiger partial charge in [-0.3, -0.25) is 9.59 Å². The summed E-state index contributed by atoms with van der Waals surface area (Å²) >= 11 is 0. The number of nitrogens with one attached hydrogen (secondary N) is 1. The number of aromatic carboxylic acids is 1. The lowest BCUT2D eigenvalue weighted by Crippen LogP contribution is -2.23. The Labute approximate surface area is 160 Å². The van der Waals surface area contributed by atoms with E-state index >= 15 is 0 Å². The lowest BCUT2D eigenvalue weighted by Gasteiger charge is -2.22. The summed E-state index contributed by atoms with van der Waals surface area (Å²) in [6.45, 7) is 0. The molecular formula is C22H15NO5. The predicted octanol–water partition coefficient (Wildman–Crippen LogP) is 3.91. The maximum Gasteiger partial charge on any atom is 0.337 e. The zero-order valence-electron chi connectivity index (χ0n) is 14.9. The normalized spacial score (nSPS) is 12.2. The van der Waals surface area contributed by atoms with Crippen LogP contribution in [0, 0.1) is 0 Å². The number of hydrogen-bond donors (Lipinski definition) is 2. The molecule has 0 saturated heterocycles. The van der Waals surface area contributed by atoms with E-state index in [1.807, 2.05) is 0 Å². The lowest BCUT2D eigenvalue weighted by molar-refractivity contribution is 0.0697. The summed E-state index contributed by atoms with van der Waals surface area (Å²) in [6.07, 6.45) is 0. The van der Waals surface area contributed by atoms with Crippen molar-refractivity contribution in [2.45, 2.75) is 0 Å². The van der Waals surface area contributed by atoms with E-state index in [4.69, 9.17) is 4.74 Å². The summed E-state index contributed by atoms with van der Waals surface area (Å²) in [4.78, 5) is 37.8. The van der Waals surface area contributed by atoms with Crippen molar-refractivity contribution in [1.82, 2.24) is 0 Å². The van der Waals surface area contributed by atoms with Gasteiger partial charge < -0.3 is 15.2 Å². The number of carboxylic acid groups (broad SMARTS) is 1. The van der Waals surface area contributed by atoms with E-state index < -0.39 is 5.97 Å². The Morgan fingerprint density at radius 2 is 1.50 bits per heavy atom. The number of rotatable bonds is 4. The summed E-state index contributed by atoms with van der Waals surface area (Å²) in [5.74, 6) is -1.25. The van der Waals surface area contributed by atoms with Crippen molar-refractivity contribution in [3.8, 4) is 5.75 Å². The van der Waals surface area contributed by atoms with E-state index in [0.29, 0.717) is 17.0 Å². The highest BCUT2D eigenvalue weighted by Crippen LogP contribution is 2.36. The third-order valence-corrected chi connectivity index (χ3v) is 4.68. The molecule has 2 N–H and O–H groups in total. The zero-order valence-corrected chi connectivity index (χ0v) is 14.9. The molecule has 4 rings (SSSR count). The van der Waals surface area contributed by atoms with Gasteiger partial charge in [0.15, 0.2) is 11.6 Å². The average molecular weight is 373 g/mol. The highest BCUT2D eigenvalue weighted by atomic mass is 16.5. The van der Waals surface area contributed by atoms with Crippen LogP contribution in [0.1, 0.15) is 42.2 Å². The number of carboxylic acids is 1. The van der Waals surface area contributed by atoms with Crippen LogP contribution < -0.4 is 10.1 Å². The molecule has 3 aromatic carbocycles. The molecule has 6 heteroatoms. The Balaban J connectivity index is 1.90. The number of methoxy groups -OCH3 is 1. The number of anilines is 2. The standard InChI is InChI=1S/C22H15NO5/c1-28-13-8-6-12(7-9-13)23-19-17(22(26)27)11-10-16-18(19)21(25)15-5-3-2-4-14(15)20(16)24/h2-11,23H,1H3,(H,26,27). The molecule has 0 fully saturated rings. The Kier molecular flexibility index (Phi) is 4.16. The summed E-state index contributed by atoms with van der Waals surface area (Å²) < 4.78 is 5.12. The highest BCUT2D eigenvalue weighted by molar-refractivity contribution is 6.31. The summed E-state index contributed by atoms with van der Waals surface area (Å²) in [6, 6.07) is 16.1. The van der Waals surface area contributed by atoms with Crippen LogP contribution in [-0.4, -0.2) is 29.8 Å². The smallest absolute Gasteiger partial charge is 0.337 e. The van der Waals surface area contributed by atoms with E-state index in [-0.39, 0.29) is 39.5 Å². The van der Waals surface area contributed by atoms with Gasteiger partial charge in [0.25, 0.3) is 0 Å². The largest absolute Gasteiger partial charge is 0.497 e. The van der Waals surface area contributed by atoms with Gasteiger partial charge in [-0.05, 0) is 36.4 Å². The van der Waals surface area contributed by atoms with Crippen LogP contribution in [0.5, 0.6) is 5.75 Å². The molecule has 0 amide bonds. The van der Waals surface area contributed by atoms with Gasteiger partial charge in [-0.25, -0.2) is 4.79 Å². The maximum absolute atomic E-state index is 13.1. The van der Waals surface area contributed by atoms with Gasteiger partial charge in [-0.15, -0.1) is 0 Å². The first-order valence-electron chi connectivity index (χ1n) is 8.51. The fourth-order valence-electron chi connectivity index (χ4n) is 3.31. The van der Waals surface area contributed by atoms with Crippen LogP contribution in [0.15, 0.2) is 60.7 Å². The second-order valence-corrected chi connectivity index (χ2v) is 6.27. The molecule has 0 aromatic heterocycles. The summed E-state index contributed by atoms with van der Waals surface area (Å²) in [5.41, 5.74) is 1.41. The molecule has 1 aliphatic carbocycles. The lowest BCUT2D eigenvalue weighted by atomic mass is 9.82. The minimum Gasteiger partial charge on any atom is -0.497 e. The van der Waals surface area contributed by atoms with Crippen molar-refractivity contribution in [3.63, 3.8) is 0 Å². The van der Waals surface area contributed by atoms with Crippen LogP contribution in [0.4, 0.5) is 11.4 Å². The number of ketones is 2. The van der Waals surface area contributed by atoms with Gasteiger partial charge >= 0.3 is 5.97 Å². The second-order valence-electron chi connectivity index (χ2n) is 6.27. The summed E-state index contributed by atoms with van der Waals surface area (Å²) in [5, 5.41) is 12.6. The fraction of sp³-hybridized carbons (Fsp3) is 0.0455. The highest BCUT2D eigenvalue weighted by Gasteiger charge is 2.33. The van der Waals surface area contributed by atoms with Gasteiger partial charge in [-0.1, -0.05) is 24.3 Å². The van der Waals surface area contributed by atoms with Gasteiger partial charge in [0, 0.05) is 22.4 Å². The first-order valence-corrected chi connectivity index (χ1v) is 8.51. The molecule has 0 unspecified atom stereocenters. The van der Waals surface area contributed by atoms with Crippen molar-refractivity contribution in [2.24, 2.45) is 0 Å². The molecule has 28 heavy (non-hydrogen) atoms. The topological polar surface area (TPSA) is 92.7 Å². The quantitative estimate of drug-likeness (QED) is 0.563. The number of hydrogen-bond acceptors (Lipinski definition) is 5. The van der Waals surface area contributed by atoms with Crippen LogP contribution in [0.2, 0.25) is 0 Å². The third-order valence-electron chi connectivity index (χ3n) is 4.68. The Morgan fingerprint density at radius 3 is 2.11 bits per heavy atom. The molecule has 0 atom stereocenters. The van der Waals surface area contributed by atoms with E-state index in [1.54, 1.807) is 55.6 Å². The van der Waals surface area contributed by atoms with Crippen molar-refractivity contribution < 1.29 is 24.2 Å². The fourth-order valence-corrected chi connectivity index (χ4v) is 3.31. The molecule has 6 nitrogen and oxygen atoms in total. The SMILES string of the molecule is COc1ccc(Nc2c(C(=O)O)ccc3c2C(=O)c2ccccc2C3=O)cc1. The maximum atomic E-state index is 13.1. The Hall–Kier alpha value is -3.93. The van der Waals surface area contributed by atoms with E-state index in [1.165, 1.54) is 12.1 Å². The second kappa shape index (κ2) is 6.66. The third kappa shape index (κ3) is 2.72. The van der Waals surface area contributed by atoms with E-state index in [2.05, 4.69) is 5.32 Å². The molecule has 138 valence electrons. The predicted molar refractivity (Wildman–Crippen MR) is 103 cm³/mol. The first kappa shape index (κ1) is 17.5. The van der Waals surface area contributed by atoms with Crippen LogP contribution in [0.3, 0.4) is 0 Å². The number of benzene rings is 3. The van der Waals surface area contributed by atoms with Gasteiger partial charge in [0.1, 0.15) is 5.75 Å². The monoisotopic (exact) mass is 373 g/mol. The molecule has 0 saturated carbocycles. The number of ether oxygens (including phenoxy) is 1. The molecule has 0 radical (unpaired) electrons. The van der Waals surface area contributed by atoms with Crippen LogP contribution in [-0.2, 0) is 0 Å². The van der Waals surface area contributed by atoms with Crippen molar-refractivity contribution >= 4 is 28.9 Å². The first-order chi connectivity index (χ1) is 13.5. The molecular weight excluding hydrogens is 358 g/mol. The molecule has 0 spiro atoms. The van der Waals surface area contributed by atoms with E-state index in [9.17, 15) is 19.5 Å². The van der Waals surface area contributed by atoms with Crippen molar-refractivity contribution in [2.75, 3.05) is 12.4 Å². The van der Waals surface area contributed by atoms with Crippen LogP contribution in [0.25, 0.3) is 0 Å². The number of carbonyl (C=O) groups is 3. The van der Waals surface area contributed by atoms with Crippen LogP contribution >= 0.6 is 0 Å². The van der Waals surface area contributed by atoms with E-state index in [0.717, 1.165) is 0 Å². The Bertz CT molecular complexity index is 1130. The molecule has 3 aromatic rings. The number of fused-ring (bicyclic) bond motifs is 2. The minimum absolute atomic E-state index is 0.0689. The van der Waals surface area contributed by atoms with Crippen molar-refractivity contribution in [1.29, 1.82) is 0 Å². The summed E-state index contributed by atoms with van der Waals surface area (Å²) in [7, 11) is 1.54. The molecule has 0 aliphatic heterocycles. The van der Waals surface area contributed by atoms with Gasteiger partial charge in [0.05, 0.1) is 23.9 Å². The molecule has 0 bridgehead atoms. The van der Waals surface area contributed by atoms with Gasteiger partial charge in [-0.2, -0.15) is 0 Å². The Morgan fingerprint density at radius 1 is 0.857 bits per heavy atom. The number of carbonyl (C=O) groups excluding carboxylic acids is 2. The average Bonchev–Trinajstić information content (AvgIpc) is 2.72. The van der Waals surface area contributed by atoms with Gasteiger partial charge in [0.2, 0.25) is 0 Å². The minimum atomic E-state index is -1.20. The molecule has 0 heterocycles. The zero-order chi connectivity index (χ0) is 19.8. The molecule has 1 aliphatic rings.